The van der Waals surface area contributed by atoms with Gasteiger partial charge in [0.1, 0.15) is 11.1 Å². The Labute approximate surface area is 82.9 Å². The van der Waals surface area contributed by atoms with Crippen LogP contribution in [0.1, 0.15) is 22.5 Å². The number of carboxylic acids is 1. The Morgan fingerprint density at radius 2 is 2.00 bits per heavy atom. The molecular formula is C10H6F2O3. The molecule has 2 aromatic rings. The number of benzene rings is 1. The highest BCUT2D eigenvalue weighted by atomic mass is 19.3. The fraction of sp³-hybridized carbons (Fsp3) is 0.100. The van der Waals surface area contributed by atoms with Gasteiger partial charge in [-0.15, -0.1) is 0 Å². The molecule has 0 aliphatic rings. The molecule has 1 N–H and O–H groups in total. The lowest BCUT2D eigenvalue weighted by Gasteiger charge is -1.95. The van der Waals surface area contributed by atoms with Gasteiger partial charge in [-0.3, -0.25) is 0 Å². The molecule has 0 unspecified atom stereocenters. The molecule has 0 saturated heterocycles. The molecule has 0 amide bonds. The van der Waals surface area contributed by atoms with Crippen molar-refractivity contribution in [3.05, 3.63) is 35.6 Å². The number of fused-ring (bicyclic) bond motifs is 1. The first kappa shape index (κ1) is 9.64. The fourth-order valence-electron chi connectivity index (χ4n) is 1.44. The van der Waals surface area contributed by atoms with Crippen molar-refractivity contribution in [2.75, 3.05) is 0 Å². The monoisotopic (exact) mass is 212 g/mol. The summed E-state index contributed by atoms with van der Waals surface area (Å²) in [6, 6.07) is 6.05. The summed E-state index contributed by atoms with van der Waals surface area (Å²) in [7, 11) is 0. The second-order valence-corrected chi connectivity index (χ2v) is 2.94. The number of furan rings is 1. The van der Waals surface area contributed by atoms with Crippen LogP contribution in [0.15, 0.2) is 28.7 Å². The van der Waals surface area contributed by atoms with E-state index in [1.165, 1.54) is 12.1 Å². The van der Waals surface area contributed by atoms with Crippen LogP contribution in [-0.4, -0.2) is 11.1 Å². The van der Waals surface area contributed by atoms with E-state index in [2.05, 4.69) is 0 Å². The summed E-state index contributed by atoms with van der Waals surface area (Å²) in [5.41, 5.74) is -0.300. The van der Waals surface area contributed by atoms with Gasteiger partial charge in [0.15, 0.2) is 5.76 Å². The van der Waals surface area contributed by atoms with Gasteiger partial charge in [-0.2, -0.15) is 0 Å². The van der Waals surface area contributed by atoms with Crippen molar-refractivity contribution in [1.29, 1.82) is 0 Å². The number of aromatic carboxylic acids is 1. The average molecular weight is 212 g/mol. The molecular weight excluding hydrogens is 206 g/mol. The lowest BCUT2D eigenvalue weighted by Crippen LogP contribution is -1.99. The van der Waals surface area contributed by atoms with E-state index < -0.39 is 23.7 Å². The van der Waals surface area contributed by atoms with Gasteiger partial charge in [0.2, 0.25) is 0 Å². The lowest BCUT2D eigenvalue weighted by atomic mass is 10.1. The normalized spacial score (nSPS) is 11.1. The molecule has 0 bridgehead atoms. The summed E-state index contributed by atoms with van der Waals surface area (Å²) >= 11 is 0. The summed E-state index contributed by atoms with van der Waals surface area (Å²) in [6.45, 7) is 0. The van der Waals surface area contributed by atoms with E-state index in [1.807, 2.05) is 0 Å². The predicted molar refractivity (Wildman–Crippen MR) is 48.1 cm³/mol. The second kappa shape index (κ2) is 3.34. The maximum absolute atomic E-state index is 12.5. The highest BCUT2D eigenvalue weighted by Crippen LogP contribution is 2.32. The molecule has 15 heavy (non-hydrogen) atoms. The third-order valence-electron chi connectivity index (χ3n) is 2.03. The minimum atomic E-state index is -2.93. The third-order valence-corrected chi connectivity index (χ3v) is 2.03. The van der Waals surface area contributed by atoms with Crippen LogP contribution >= 0.6 is 0 Å². The van der Waals surface area contributed by atoms with Crippen molar-refractivity contribution in [2.45, 2.75) is 6.43 Å². The Bertz CT molecular complexity index is 516. The summed E-state index contributed by atoms with van der Waals surface area (Å²) in [5, 5.41) is 9.00. The Hall–Kier alpha value is -1.91. The van der Waals surface area contributed by atoms with Crippen molar-refractivity contribution < 1.29 is 23.1 Å². The molecule has 0 atom stereocenters. The van der Waals surface area contributed by atoms with Gasteiger partial charge in [0.25, 0.3) is 6.43 Å². The maximum Gasteiger partial charge on any atom is 0.340 e. The molecule has 3 nitrogen and oxygen atoms in total. The predicted octanol–water partition coefficient (Wildman–Crippen LogP) is 3.07. The molecule has 0 aliphatic heterocycles. The molecule has 5 heteroatoms. The Balaban J connectivity index is 2.80. The van der Waals surface area contributed by atoms with Crippen LogP contribution in [-0.2, 0) is 0 Å². The highest BCUT2D eigenvalue weighted by molar-refractivity contribution is 6.03. The molecule has 1 aromatic carbocycles. The van der Waals surface area contributed by atoms with Gasteiger partial charge in [-0.1, -0.05) is 18.2 Å². The largest absolute Gasteiger partial charge is 0.478 e. The van der Waals surface area contributed by atoms with Gasteiger partial charge >= 0.3 is 5.97 Å². The Morgan fingerprint density at radius 1 is 1.33 bits per heavy atom. The second-order valence-electron chi connectivity index (χ2n) is 2.94. The van der Waals surface area contributed by atoms with Gasteiger partial charge in [-0.05, 0) is 6.07 Å². The van der Waals surface area contributed by atoms with E-state index in [0.717, 1.165) is 0 Å². The Morgan fingerprint density at radius 3 is 2.60 bits per heavy atom. The fourth-order valence-corrected chi connectivity index (χ4v) is 1.44. The molecule has 0 spiro atoms. The zero-order chi connectivity index (χ0) is 11.0. The number of hydrogen-bond acceptors (Lipinski definition) is 2. The van der Waals surface area contributed by atoms with Crippen molar-refractivity contribution in [3.63, 3.8) is 0 Å². The van der Waals surface area contributed by atoms with Crippen LogP contribution in [0.25, 0.3) is 11.0 Å². The van der Waals surface area contributed by atoms with E-state index in [9.17, 15) is 13.6 Å². The zero-order valence-electron chi connectivity index (χ0n) is 7.41. The minimum Gasteiger partial charge on any atom is -0.478 e. The maximum atomic E-state index is 12.5. The number of rotatable bonds is 2. The Kier molecular flexibility index (Phi) is 2.15. The van der Waals surface area contributed by atoms with Crippen LogP contribution in [0.4, 0.5) is 8.78 Å². The summed E-state index contributed by atoms with van der Waals surface area (Å²) in [6.07, 6.45) is -2.93. The number of para-hydroxylation sites is 1. The van der Waals surface area contributed by atoms with Crippen LogP contribution in [0, 0.1) is 0 Å². The number of alkyl halides is 2. The van der Waals surface area contributed by atoms with E-state index in [0.29, 0.717) is 0 Å². The third kappa shape index (κ3) is 1.45. The topological polar surface area (TPSA) is 50.4 Å². The van der Waals surface area contributed by atoms with Crippen molar-refractivity contribution in [3.8, 4) is 0 Å². The van der Waals surface area contributed by atoms with Crippen LogP contribution in [0.3, 0.4) is 0 Å². The molecule has 0 fully saturated rings. The van der Waals surface area contributed by atoms with Crippen molar-refractivity contribution >= 4 is 16.9 Å². The summed E-state index contributed by atoms with van der Waals surface area (Å²) in [4.78, 5) is 10.8. The molecule has 1 heterocycles. The lowest BCUT2D eigenvalue weighted by molar-refractivity contribution is 0.0676. The molecule has 1 aromatic heterocycles. The van der Waals surface area contributed by atoms with E-state index in [-0.39, 0.29) is 11.0 Å². The van der Waals surface area contributed by atoms with E-state index in [4.69, 9.17) is 9.52 Å². The van der Waals surface area contributed by atoms with Crippen molar-refractivity contribution in [2.24, 2.45) is 0 Å². The van der Waals surface area contributed by atoms with Gasteiger partial charge in [0.05, 0.1) is 0 Å². The number of halogens is 2. The first-order valence-electron chi connectivity index (χ1n) is 4.14. The summed E-state index contributed by atoms with van der Waals surface area (Å²) in [5.74, 6) is -2.20. The molecule has 2 rings (SSSR count). The smallest absolute Gasteiger partial charge is 0.340 e. The van der Waals surface area contributed by atoms with Crippen molar-refractivity contribution in [1.82, 2.24) is 0 Å². The molecule has 0 radical (unpaired) electrons. The quantitative estimate of drug-likeness (QED) is 0.832. The van der Waals surface area contributed by atoms with Crippen LogP contribution < -0.4 is 0 Å². The zero-order valence-corrected chi connectivity index (χ0v) is 7.41. The number of carbonyl (C=O) groups is 1. The summed E-state index contributed by atoms with van der Waals surface area (Å²) < 4.78 is 29.7. The molecule has 0 saturated carbocycles. The van der Waals surface area contributed by atoms with E-state index >= 15 is 0 Å². The standard InChI is InChI=1S/C10H6F2O3/c11-9(12)8-7(10(13)14)5-3-1-2-4-6(5)15-8/h1-4,9H,(H,13,14). The molecule has 0 aliphatic carbocycles. The number of hydrogen-bond donors (Lipinski definition) is 1. The first-order chi connectivity index (χ1) is 7.11. The SMILES string of the molecule is O=C(O)c1c(C(F)F)oc2ccccc12. The van der Waals surface area contributed by atoms with Crippen LogP contribution in [0.5, 0.6) is 0 Å². The van der Waals surface area contributed by atoms with Gasteiger partial charge < -0.3 is 9.52 Å². The van der Waals surface area contributed by atoms with Crippen LogP contribution in [0.2, 0.25) is 0 Å². The minimum absolute atomic E-state index is 0.158. The average Bonchev–Trinajstić information content (AvgIpc) is 2.56. The van der Waals surface area contributed by atoms with Gasteiger partial charge in [0, 0.05) is 5.39 Å². The number of carboxylic acid groups (broad SMARTS) is 1. The highest BCUT2D eigenvalue weighted by Gasteiger charge is 2.25. The van der Waals surface area contributed by atoms with Gasteiger partial charge in [-0.25, -0.2) is 13.6 Å². The van der Waals surface area contributed by atoms with E-state index in [1.54, 1.807) is 12.1 Å². The molecule has 78 valence electrons. The first-order valence-corrected chi connectivity index (χ1v) is 4.14.